The largest absolute Gasteiger partial charge is 0.348 e. The Morgan fingerprint density at radius 2 is 2.42 bits per heavy atom. The van der Waals surface area contributed by atoms with Crippen LogP contribution >= 0.6 is 0 Å². The van der Waals surface area contributed by atoms with E-state index in [9.17, 15) is 9.59 Å². The molecule has 1 N–H and O–H groups in total. The summed E-state index contributed by atoms with van der Waals surface area (Å²) in [5.74, 6) is 0.241. The van der Waals surface area contributed by atoms with Crippen LogP contribution in [0.3, 0.4) is 0 Å². The summed E-state index contributed by atoms with van der Waals surface area (Å²) in [7, 11) is 0. The van der Waals surface area contributed by atoms with E-state index in [1.54, 1.807) is 6.41 Å². The van der Waals surface area contributed by atoms with Crippen molar-refractivity contribution in [2.24, 2.45) is 0 Å². The fraction of sp³-hybridized carbons (Fsp3) is 0.750. The van der Waals surface area contributed by atoms with Crippen LogP contribution < -0.4 is 5.32 Å². The van der Waals surface area contributed by atoms with Crippen LogP contribution in [0.15, 0.2) is 0 Å². The molecule has 0 unspecified atom stereocenters. The SMILES string of the molecule is O=[C]NCCCN1CCCC1=O. The molecule has 1 saturated heterocycles. The molecule has 0 atom stereocenters. The summed E-state index contributed by atoms with van der Waals surface area (Å²) in [6, 6.07) is 0. The topological polar surface area (TPSA) is 49.4 Å². The Kier molecular flexibility index (Phi) is 3.57. The van der Waals surface area contributed by atoms with Gasteiger partial charge in [-0.15, -0.1) is 0 Å². The normalized spacial score (nSPS) is 16.7. The third-order valence-corrected chi connectivity index (χ3v) is 1.97. The molecular weight excluding hydrogens is 156 g/mol. The molecule has 0 bridgehead atoms. The first-order valence-electron chi connectivity index (χ1n) is 4.22. The first-order chi connectivity index (χ1) is 5.84. The third-order valence-electron chi connectivity index (χ3n) is 1.97. The maximum Gasteiger partial charge on any atom is 0.309 e. The van der Waals surface area contributed by atoms with Gasteiger partial charge in [0.1, 0.15) is 0 Å². The smallest absolute Gasteiger partial charge is 0.309 e. The minimum absolute atomic E-state index is 0.241. The van der Waals surface area contributed by atoms with Gasteiger partial charge in [-0.1, -0.05) is 0 Å². The number of nitrogens with one attached hydrogen (secondary N) is 1. The number of amides is 2. The van der Waals surface area contributed by atoms with Gasteiger partial charge in [0.05, 0.1) is 0 Å². The predicted octanol–water partition coefficient (Wildman–Crippen LogP) is -0.344. The standard InChI is InChI=1S/C8H13N2O2/c11-7-9-4-2-6-10-5-1-3-8(10)12/h1-6H2,(H,9,11). The van der Waals surface area contributed by atoms with Gasteiger partial charge in [0, 0.05) is 26.1 Å². The quantitative estimate of drug-likeness (QED) is 0.452. The zero-order valence-electron chi connectivity index (χ0n) is 7.01. The molecule has 0 saturated carbocycles. The van der Waals surface area contributed by atoms with Gasteiger partial charge in [0.25, 0.3) is 0 Å². The Hall–Kier alpha value is -1.06. The lowest BCUT2D eigenvalue weighted by Gasteiger charge is -2.14. The van der Waals surface area contributed by atoms with E-state index in [2.05, 4.69) is 5.32 Å². The summed E-state index contributed by atoms with van der Waals surface area (Å²) in [6.45, 7) is 2.24. The molecular formula is C8H13N2O2. The first kappa shape index (κ1) is 9.03. The third kappa shape index (κ3) is 2.53. The van der Waals surface area contributed by atoms with E-state index in [1.165, 1.54) is 0 Å². The van der Waals surface area contributed by atoms with Gasteiger partial charge in [-0.25, -0.2) is 0 Å². The van der Waals surface area contributed by atoms with Crippen molar-refractivity contribution in [1.82, 2.24) is 10.2 Å². The summed E-state index contributed by atoms with van der Waals surface area (Å²) in [6.07, 6.45) is 4.09. The highest BCUT2D eigenvalue weighted by molar-refractivity contribution is 5.77. The molecule has 0 aliphatic carbocycles. The molecule has 1 aliphatic heterocycles. The molecule has 2 amide bonds. The minimum atomic E-state index is 0.241. The lowest BCUT2D eigenvalue weighted by atomic mass is 10.4. The second-order valence-electron chi connectivity index (χ2n) is 2.87. The van der Waals surface area contributed by atoms with Crippen molar-refractivity contribution in [3.63, 3.8) is 0 Å². The highest BCUT2D eigenvalue weighted by Gasteiger charge is 2.18. The highest BCUT2D eigenvalue weighted by atomic mass is 16.2. The van der Waals surface area contributed by atoms with Crippen molar-refractivity contribution in [2.75, 3.05) is 19.6 Å². The second-order valence-corrected chi connectivity index (χ2v) is 2.87. The Balaban J connectivity index is 2.06. The van der Waals surface area contributed by atoms with Crippen LogP contribution in [0.4, 0.5) is 0 Å². The Labute approximate surface area is 71.9 Å². The van der Waals surface area contributed by atoms with E-state index in [0.717, 1.165) is 25.9 Å². The molecule has 1 aliphatic rings. The van der Waals surface area contributed by atoms with Crippen LogP contribution in [0, 0.1) is 0 Å². The maximum atomic E-state index is 11.1. The van der Waals surface area contributed by atoms with Crippen LogP contribution in [-0.4, -0.2) is 36.9 Å². The number of hydrogen-bond donors (Lipinski definition) is 1. The Bertz CT molecular complexity index is 170. The zero-order chi connectivity index (χ0) is 8.81. The van der Waals surface area contributed by atoms with E-state index in [-0.39, 0.29) is 5.91 Å². The highest BCUT2D eigenvalue weighted by Crippen LogP contribution is 2.08. The fourth-order valence-electron chi connectivity index (χ4n) is 1.35. The van der Waals surface area contributed by atoms with Crippen molar-refractivity contribution in [1.29, 1.82) is 0 Å². The van der Waals surface area contributed by atoms with Gasteiger partial charge in [-0.3, -0.25) is 9.59 Å². The molecule has 0 spiro atoms. The van der Waals surface area contributed by atoms with Crippen LogP contribution in [0.1, 0.15) is 19.3 Å². The number of carbonyl (C=O) groups is 1. The number of rotatable bonds is 5. The fourth-order valence-corrected chi connectivity index (χ4v) is 1.35. The van der Waals surface area contributed by atoms with Crippen molar-refractivity contribution < 1.29 is 9.59 Å². The summed E-state index contributed by atoms with van der Waals surface area (Å²) in [5.41, 5.74) is 0. The van der Waals surface area contributed by atoms with Crippen LogP contribution in [0.25, 0.3) is 0 Å². The minimum Gasteiger partial charge on any atom is -0.348 e. The molecule has 4 nitrogen and oxygen atoms in total. The van der Waals surface area contributed by atoms with Gasteiger partial charge < -0.3 is 10.2 Å². The molecule has 1 heterocycles. The van der Waals surface area contributed by atoms with Gasteiger partial charge in [-0.05, 0) is 12.8 Å². The molecule has 4 heteroatoms. The first-order valence-corrected chi connectivity index (χ1v) is 4.22. The number of nitrogens with zero attached hydrogens (tertiary/aromatic N) is 1. The van der Waals surface area contributed by atoms with Gasteiger partial charge in [0.15, 0.2) is 0 Å². The maximum absolute atomic E-state index is 11.1. The lowest BCUT2D eigenvalue weighted by molar-refractivity contribution is -0.127. The van der Waals surface area contributed by atoms with E-state index >= 15 is 0 Å². The summed E-state index contributed by atoms with van der Waals surface area (Å²) >= 11 is 0. The predicted molar refractivity (Wildman–Crippen MR) is 44.1 cm³/mol. The number of hydrogen-bond acceptors (Lipinski definition) is 2. The summed E-state index contributed by atoms with van der Waals surface area (Å²) < 4.78 is 0. The van der Waals surface area contributed by atoms with Crippen LogP contribution in [-0.2, 0) is 9.59 Å². The molecule has 1 fully saturated rings. The lowest BCUT2D eigenvalue weighted by Crippen LogP contribution is -2.28. The van der Waals surface area contributed by atoms with E-state index in [1.807, 2.05) is 4.90 Å². The van der Waals surface area contributed by atoms with Crippen molar-refractivity contribution >= 4 is 12.3 Å². The summed E-state index contributed by atoms with van der Waals surface area (Å²) in [5, 5.41) is 2.44. The van der Waals surface area contributed by atoms with E-state index in [4.69, 9.17) is 0 Å². The van der Waals surface area contributed by atoms with Crippen molar-refractivity contribution in [2.45, 2.75) is 19.3 Å². The second kappa shape index (κ2) is 4.74. The number of carbonyl (C=O) groups excluding carboxylic acids is 2. The average Bonchev–Trinajstić information content (AvgIpc) is 2.46. The Morgan fingerprint density at radius 3 is 3.00 bits per heavy atom. The van der Waals surface area contributed by atoms with Gasteiger partial charge in [0.2, 0.25) is 5.91 Å². The van der Waals surface area contributed by atoms with Crippen LogP contribution in [0.2, 0.25) is 0 Å². The van der Waals surface area contributed by atoms with Crippen molar-refractivity contribution in [3.05, 3.63) is 0 Å². The number of likely N-dealkylation sites (tertiary alicyclic amines) is 1. The summed E-state index contributed by atoms with van der Waals surface area (Å²) in [4.78, 5) is 22.7. The van der Waals surface area contributed by atoms with Crippen molar-refractivity contribution in [3.8, 4) is 0 Å². The molecule has 67 valence electrons. The van der Waals surface area contributed by atoms with E-state index < -0.39 is 0 Å². The van der Waals surface area contributed by atoms with Gasteiger partial charge in [-0.2, -0.15) is 0 Å². The molecule has 1 radical (unpaired) electrons. The Morgan fingerprint density at radius 1 is 1.58 bits per heavy atom. The zero-order valence-corrected chi connectivity index (χ0v) is 7.01. The molecule has 0 aromatic heterocycles. The van der Waals surface area contributed by atoms with E-state index in [0.29, 0.717) is 13.0 Å². The molecule has 12 heavy (non-hydrogen) atoms. The monoisotopic (exact) mass is 169 g/mol. The molecule has 0 aromatic carbocycles. The van der Waals surface area contributed by atoms with Crippen LogP contribution in [0.5, 0.6) is 0 Å². The van der Waals surface area contributed by atoms with Gasteiger partial charge >= 0.3 is 6.41 Å². The molecule has 0 aromatic rings. The molecule has 1 rings (SSSR count). The average molecular weight is 169 g/mol.